The molecule has 3 aliphatic heterocycles. The summed E-state index contributed by atoms with van der Waals surface area (Å²) in [7, 11) is 1.63. The van der Waals surface area contributed by atoms with E-state index in [2.05, 4.69) is 0 Å². The number of carbonyl (C=O) groups is 2. The van der Waals surface area contributed by atoms with Crippen LogP contribution < -0.4 is 9.47 Å². The van der Waals surface area contributed by atoms with Gasteiger partial charge >= 0.3 is 0 Å². The zero-order valence-corrected chi connectivity index (χ0v) is 16.8. The van der Waals surface area contributed by atoms with E-state index in [1.54, 1.807) is 24.1 Å². The van der Waals surface area contributed by atoms with Crippen molar-refractivity contribution in [1.29, 1.82) is 0 Å². The molecule has 2 fully saturated rings. The first kappa shape index (κ1) is 19.3. The molecule has 152 valence electrons. The van der Waals surface area contributed by atoms with Crippen LogP contribution >= 0.6 is 11.6 Å². The summed E-state index contributed by atoms with van der Waals surface area (Å²) in [6.45, 7) is 3.94. The SMILES string of the molecule is COCCN1CCC2(CCN(C(=O)Cc3cc4c(cc3Cl)OCCO4)C2)C1=O. The minimum absolute atomic E-state index is 0.0152. The Kier molecular flexibility index (Phi) is 5.38. The Balaban J connectivity index is 1.41. The van der Waals surface area contributed by atoms with E-state index in [1.807, 2.05) is 4.90 Å². The van der Waals surface area contributed by atoms with Gasteiger partial charge < -0.3 is 24.0 Å². The number of fused-ring (bicyclic) bond motifs is 1. The molecule has 8 heteroatoms. The fourth-order valence-electron chi connectivity index (χ4n) is 4.29. The first-order chi connectivity index (χ1) is 13.5. The zero-order chi connectivity index (χ0) is 19.7. The Bertz CT molecular complexity index is 786. The summed E-state index contributed by atoms with van der Waals surface area (Å²) >= 11 is 6.34. The van der Waals surface area contributed by atoms with Crippen LogP contribution in [0.15, 0.2) is 12.1 Å². The Labute approximate surface area is 169 Å². The third-order valence-electron chi connectivity index (χ3n) is 5.93. The van der Waals surface area contributed by atoms with Crippen LogP contribution in [0, 0.1) is 5.41 Å². The van der Waals surface area contributed by atoms with Gasteiger partial charge in [-0.3, -0.25) is 9.59 Å². The summed E-state index contributed by atoms with van der Waals surface area (Å²) in [6.07, 6.45) is 1.70. The van der Waals surface area contributed by atoms with Gasteiger partial charge in [-0.1, -0.05) is 11.6 Å². The highest BCUT2D eigenvalue weighted by atomic mass is 35.5. The number of ether oxygens (including phenoxy) is 3. The average Bonchev–Trinajstić information content (AvgIpc) is 3.26. The van der Waals surface area contributed by atoms with Crippen LogP contribution in [0.2, 0.25) is 5.02 Å². The van der Waals surface area contributed by atoms with E-state index in [1.165, 1.54) is 0 Å². The highest BCUT2D eigenvalue weighted by molar-refractivity contribution is 6.31. The van der Waals surface area contributed by atoms with Crippen molar-refractivity contribution >= 4 is 23.4 Å². The predicted octanol–water partition coefficient (Wildman–Crippen LogP) is 1.75. The van der Waals surface area contributed by atoms with E-state index < -0.39 is 5.41 Å². The summed E-state index contributed by atoms with van der Waals surface area (Å²) in [5.74, 6) is 1.37. The lowest BCUT2D eigenvalue weighted by atomic mass is 9.85. The molecular formula is C20H25ClN2O5. The number of benzene rings is 1. The lowest BCUT2D eigenvalue weighted by Crippen LogP contribution is -2.39. The third kappa shape index (κ3) is 3.53. The molecule has 0 saturated carbocycles. The molecule has 3 aliphatic rings. The van der Waals surface area contributed by atoms with Gasteiger partial charge in [0.05, 0.1) is 18.4 Å². The van der Waals surface area contributed by atoms with Crippen molar-refractivity contribution in [2.75, 3.05) is 53.1 Å². The second-order valence-corrected chi connectivity index (χ2v) is 8.05. The minimum atomic E-state index is -0.431. The number of rotatable bonds is 5. The summed E-state index contributed by atoms with van der Waals surface area (Å²) in [4.78, 5) is 29.4. The molecule has 0 radical (unpaired) electrons. The second-order valence-electron chi connectivity index (χ2n) is 7.64. The van der Waals surface area contributed by atoms with Crippen molar-refractivity contribution in [3.63, 3.8) is 0 Å². The maximum atomic E-state index is 12.9. The van der Waals surface area contributed by atoms with Gasteiger partial charge in [-0.15, -0.1) is 0 Å². The van der Waals surface area contributed by atoms with Crippen LogP contribution in [0.4, 0.5) is 0 Å². The molecule has 2 amide bonds. The number of carbonyl (C=O) groups excluding carboxylic acids is 2. The maximum Gasteiger partial charge on any atom is 0.230 e. The van der Waals surface area contributed by atoms with Crippen molar-refractivity contribution in [2.45, 2.75) is 19.3 Å². The first-order valence-electron chi connectivity index (χ1n) is 9.66. The van der Waals surface area contributed by atoms with Crippen molar-refractivity contribution in [3.8, 4) is 11.5 Å². The molecule has 0 aliphatic carbocycles. The quantitative estimate of drug-likeness (QED) is 0.742. The van der Waals surface area contributed by atoms with E-state index in [-0.39, 0.29) is 18.2 Å². The van der Waals surface area contributed by atoms with Gasteiger partial charge in [-0.25, -0.2) is 0 Å². The monoisotopic (exact) mass is 408 g/mol. The van der Waals surface area contributed by atoms with Gasteiger partial charge in [0.25, 0.3) is 0 Å². The van der Waals surface area contributed by atoms with Gasteiger partial charge in [-0.2, -0.15) is 0 Å². The molecule has 3 heterocycles. The van der Waals surface area contributed by atoms with Gasteiger partial charge in [0.2, 0.25) is 11.8 Å². The topological polar surface area (TPSA) is 68.3 Å². The van der Waals surface area contributed by atoms with E-state index in [4.69, 9.17) is 25.8 Å². The summed E-state index contributed by atoms with van der Waals surface area (Å²) in [5.41, 5.74) is 0.288. The number of nitrogens with zero attached hydrogens (tertiary/aromatic N) is 2. The smallest absolute Gasteiger partial charge is 0.230 e. The fraction of sp³-hybridized carbons (Fsp3) is 0.600. The number of methoxy groups -OCH3 is 1. The molecule has 1 aromatic rings. The third-order valence-corrected chi connectivity index (χ3v) is 6.28. The van der Waals surface area contributed by atoms with Gasteiger partial charge in [-0.05, 0) is 24.5 Å². The van der Waals surface area contributed by atoms with Crippen LogP contribution in [0.3, 0.4) is 0 Å². The van der Waals surface area contributed by atoms with Crippen LogP contribution in [0.5, 0.6) is 11.5 Å². The van der Waals surface area contributed by atoms with E-state index in [9.17, 15) is 9.59 Å². The molecule has 4 rings (SSSR count). The Morgan fingerprint density at radius 2 is 1.93 bits per heavy atom. The van der Waals surface area contributed by atoms with Crippen molar-refractivity contribution < 1.29 is 23.8 Å². The van der Waals surface area contributed by atoms with Crippen molar-refractivity contribution in [2.24, 2.45) is 5.41 Å². The van der Waals surface area contributed by atoms with Gasteiger partial charge in [0, 0.05) is 44.4 Å². The molecule has 2 saturated heterocycles. The highest BCUT2D eigenvalue weighted by Crippen LogP contribution is 2.41. The maximum absolute atomic E-state index is 12.9. The number of halogens is 1. The predicted molar refractivity (Wildman–Crippen MR) is 103 cm³/mol. The molecule has 1 atom stereocenters. The number of amides is 2. The molecular weight excluding hydrogens is 384 g/mol. The summed E-state index contributed by atoms with van der Waals surface area (Å²) in [5, 5.41) is 0.495. The second kappa shape index (κ2) is 7.79. The number of likely N-dealkylation sites (tertiary alicyclic amines) is 2. The Morgan fingerprint density at radius 1 is 1.21 bits per heavy atom. The molecule has 0 aromatic heterocycles. The lowest BCUT2D eigenvalue weighted by molar-refractivity contribution is -0.136. The molecule has 28 heavy (non-hydrogen) atoms. The first-order valence-corrected chi connectivity index (χ1v) is 10.0. The molecule has 0 N–H and O–H groups in total. The summed E-state index contributed by atoms with van der Waals surface area (Å²) < 4.78 is 16.2. The van der Waals surface area contributed by atoms with Crippen LogP contribution in [0.25, 0.3) is 0 Å². The molecule has 7 nitrogen and oxygen atoms in total. The zero-order valence-electron chi connectivity index (χ0n) is 16.0. The van der Waals surface area contributed by atoms with E-state index in [0.29, 0.717) is 56.0 Å². The number of hydrogen-bond acceptors (Lipinski definition) is 5. The fourth-order valence-corrected chi connectivity index (χ4v) is 4.51. The molecule has 1 aromatic carbocycles. The molecule has 0 bridgehead atoms. The summed E-state index contributed by atoms with van der Waals surface area (Å²) in [6, 6.07) is 3.49. The normalized spacial score (nSPS) is 23.7. The Morgan fingerprint density at radius 3 is 2.68 bits per heavy atom. The molecule has 1 unspecified atom stereocenters. The van der Waals surface area contributed by atoms with Crippen LogP contribution in [-0.2, 0) is 20.7 Å². The standard InChI is InChI=1S/C20H25ClN2O5/c1-26-7-6-22-4-2-20(19(22)25)3-5-23(13-20)18(24)11-14-10-16-17(12-15(14)21)28-9-8-27-16/h10,12H,2-9,11,13H2,1H3. The average molecular weight is 409 g/mol. The van der Waals surface area contributed by atoms with Crippen molar-refractivity contribution in [3.05, 3.63) is 22.7 Å². The molecule has 1 spiro atoms. The minimum Gasteiger partial charge on any atom is -0.486 e. The van der Waals surface area contributed by atoms with Crippen LogP contribution in [-0.4, -0.2) is 74.7 Å². The van der Waals surface area contributed by atoms with E-state index in [0.717, 1.165) is 24.9 Å². The van der Waals surface area contributed by atoms with Crippen LogP contribution in [0.1, 0.15) is 18.4 Å². The Hall–Kier alpha value is -1.99. The van der Waals surface area contributed by atoms with Crippen molar-refractivity contribution in [1.82, 2.24) is 9.80 Å². The van der Waals surface area contributed by atoms with Gasteiger partial charge in [0.15, 0.2) is 11.5 Å². The highest BCUT2D eigenvalue weighted by Gasteiger charge is 2.51. The largest absolute Gasteiger partial charge is 0.486 e. The lowest BCUT2D eigenvalue weighted by Gasteiger charge is -2.24. The van der Waals surface area contributed by atoms with E-state index >= 15 is 0 Å². The van der Waals surface area contributed by atoms with Gasteiger partial charge in [0.1, 0.15) is 13.2 Å². The number of hydrogen-bond donors (Lipinski definition) is 0.